The Labute approximate surface area is 147 Å². The molecule has 1 aromatic carbocycles. The molecule has 3 rings (SSSR count). The first-order valence-corrected chi connectivity index (χ1v) is 8.53. The number of nitrogens with zero attached hydrogens (tertiary/aromatic N) is 3. The van der Waals surface area contributed by atoms with Gasteiger partial charge in [-0.15, -0.1) is 11.3 Å². The fourth-order valence-corrected chi connectivity index (χ4v) is 3.33. The van der Waals surface area contributed by atoms with Gasteiger partial charge in [-0.3, -0.25) is 14.5 Å². The molecule has 4 amide bonds. The Morgan fingerprint density at radius 1 is 1.12 bits per heavy atom. The topological polar surface area (TPSA) is 70.6 Å². The lowest BCUT2D eigenvalue weighted by molar-refractivity contribution is -0.144. The summed E-state index contributed by atoms with van der Waals surface area (Å²) in [5.74, 6) is -1.60. The predicted molar refractivity (Wildman–Crippen MR) is 90.5 cm³/mol. The molecule has 0 bridgehead atoms. The van der Waals surface area contributed by atoms with Crippen LogP contribution in [0.2, 0.25) is 5.02 Å². The summed E-state index contributed by atoms with van der Waals surface area (Å²) in [7, 11) is 0. The molecule has 0 spiro atoms. The predicted octanol–water partition coefficient (Wildman–Crippen LogP) is 3.16. The number of hydrogen-bond acceptors (Lipinski definition) is 5. The van der Waals surface area contributed by atoms with Gasteiger partial charge in [0, 0.05) is 22.0 Å². The van der Waals surface area contributed by atoms with E-state index in [0.717, 1.165) is 20.4 Å². The molecule has 1 saturated heterocycles. The van der Waals surface area contributed by atoms with E-state index in [1.165, 1.54) is 11.3 Å². The Morgan fingerprint density at radius 2 is 1.79 bits per heavy atom. The fourth-order valence-electron chi connectivity index (χ4n) is 2.38. The van der Waals surface area contributed by atoms with Crippen LogP contribution in [0.4, 0.5) is 4.79 Å². The van der Waals surface area contributed by atoms with Gasteiger partial charge in [0.05, 0.1) is 12.2 Å². The smallest absolute Gasteiger partial charge is 0.263 e. The number of carbonyl (C=O) groups is 3. The van der Waals surface area contributed by atoms with Crippen LogP contribution in [0.5, 0.6) is 0 Å². The lowest BCUT2D eigenvalue weighted by atomic mass is 10.2. The number of carbonyl (C=O) groups excluding carboxylic acids is 3. The Bertz CT molecular complexity index is 816. The van der Waals surface area contributed by atoms with Crippen molar-refractivity contribution < 1.29 is 14.4 Å². The molecule has 8 heteroatoms. The zero-order valence-corrected chi connectivity index (χ0v) is 14.6. The largest absolute Gasteiger partial charge is 0.334 e. The molecule has 6 nitrogen and oxygen atoms in total. The molecule has 0 unspecified atom stereocenters. The van der Waals surface area contributed by atoms with E-state index in [0.29, 0.717) is 10.7 Å². The van der Waals surface area contributed by atoms with E-state index < -0.39 is 17.8 Å². The molecule has 1 aromatic heterocycles. The van der Waals surface area contributed by atoms with Gasteiger partial charge in [-0.25, -0.2) is 14.7 Å². The van der Waals surface area contributed by atoms with E-state index in [9.17, 15) is 14.4 Å². The summed E-state index contributed by atoms with van der Waals surface area (Å²) >= 11 is 7.27. The number of amides is 4. The highest BCUT2D eigenvalue weighted by Gasteiger charge is 2.45. The summed E-state index contributed by atoms with van der Waals surface area (Å²) in [6, 6.07) is 6.28. The second-order valence-corrected chi connectivity index (χ2v) is 6.89. The van der Waals surface area contributed by atoms with Crippen LogP contribution >= 0.6 is 22.9 Å². The molecule has 1 aliphatic rings. The van der Waals surface area contributed by atoms with Crippen molar-refractivity contribution in [1.82, 2.24) is 14.8 Å². The minimum absolute atomic E-state index is 0.0171. The number of benzene rings is 1. The average Bonchev–Trinajstić information content (AvgIpc) is 3.08. The third-order valence-electron chi connectivity index (χ3n) is 3.56. The molecule has 0 aliphatic carbocycles. The zero-order valence-electron chi connectivity index (χ0n) is 13.0. The number of urea groups is 1. The molecule has 124 valence electrons. The summed E-state index contributed by atoms with van der Waals surface area (Å²) in [5, 5.41) is 3.16. The van der Waals surface area contributed by atoms with E-state index in [1.54, 1.807) is 31.4 Å². The van der Waals surface area contributed by atoms with E-state index in [4.69, 9.17) is 11.6 Å². The van der Waals surface area contributed by atoms with Crippen LogP contribution in [0.25, 0.3) is 10.6 Å². The normalized spacial score (nSPS) is 15.1. The van der Waals surface area contributed by atoms with E-state index in [2.05, 4.69) is 4.98 Å². The van der Waals surface area contributed by atoms with Gasteiger partial charge in [0.1, 0.15) is 5.01 Å². The minimum atomic E-state index is -0.810. The average molecular weight is 364 g/mol. The van der Waals surface area contributed by atoms with E-state index >= 15 is 0 Å². The molecule has 0 saturated carbocycles. The fraction of sp³-hybridized carbons (Fsp3) is 0.250. The van der Waals surface area contributed by atoms with Gasteiger partial charge < -0.3 is 0 Å². The molecule has 0 radical (unpaired) electrons. The second kappa shape index (κ2) is 6.33. The quantitative estimate of drug-likeness (QED) is 0.618. The monoisotopic (exact) mass is 363 g/mol. The van der Waals surface area contributed by atoms with Crippen molar-refractivity contribution in [3.63, 3.8) is 0 Å². The molecule has 1 fully saturated rings. The van der Waals surface area contributed by atoms with Gasteiger partial charge >= 0.3 is 17.8 Å². The number of rotatable bonds is 4. The van der Waals surface area contributed by atoms with Gasteiger partial charge in [-0.2, -0.15) is 0 Å². The molecular weight excluding hydrogens is 350 g/mol. The lowest BCUT2D eigenvalue weighted by Gasteiger charge is -2.17. The standard InChI is InChI=1S/C16H14ClN3O3S/c1-9(2)20-15(22)14(21)19(16(20)23)7-12-8-24-13(18-12)10-3-5-11(17)6-4-10/h3-6,8-9H,7H2,1-2H3. The van der Waals surface area contributed by atoms with Crippen molar-refractivity contribution in [2.75, 3.05) is 0 Å². The Morgan fingerprint density at radius 3 is 2.38 bits per heavy atom. The first-order chi connectivity index (χ1) is 11.4. The Kier molecular flexibility index (Phi) is 4.38. The third-order valence-corrected chi connectivity index (χ3v) is 4.76. The van der Waals surface area contributed by atoms with Gasteiger partial charge in [0.25, 0.3) is 0 Å². The van der Waals surface area contributed by atoms with Crippen molar-refractivity contribution in [3.05, 3.63) is 40.4 Å². The molecule has 24 heavy (non-hydrogen) atoms. The first kappa shape index (κ1) is 16.6. The zero-order chi connectivity index (χ0) is 17.4. The van der Waals surface area contributed by atoms with Crippen LogP contribution in [-0.2, 0) is 16.1 Å². The van der Waals surface area contributed by atoms with Gasteiger partial charge in [-0.05, 0) is 26.0 Å². The van der Waals surface area contributed by atoms with E-state index in [1.807, 2.05) is 12.1 Å². The van der Waals surface area contributed by atoms with Crippen LogP contribution in [0.15, 0.2) is 29.6 Å². The molecule has 2 aromatic rings. The van der Waals surface area contributed by atoms with Crippen molar-refractivity contribution in [2.45, 2.75) is 26.4 Å². The van der Waals surface area contributed by atoms with Crippen molar-refractivity contribution in [3.8, 4) is 10.6 Å². The van der Waals surface area contributed by atoms with Crippen molar-refractivity contribution >= 4 is 40.8 Å². The van der Waals surface area contributed by atoms with Crippen LogP contribution < -0.4 is 0 Å². The summed E-state index contributed by atoms with van der Waals surface area (Å²) < 4.78 is 0. The van der Waals surface area contributed by atoms with Crippen molar-refractivity contribution in [2.24, 2.45) is 0 Å². The number of aromatic nitrogens is 1. The van der Waals surface area contributed by atoms with Crippen LogP contribution in [0.3, 0.4) is 0 Å². The van der Waals surface area contributed by atoms with E-state index in [-0.39, 0.29) is 12.6 Å². The molecular formula is C16H14ClN3O3S. The van der Waals surface area contributed by atoms with Crippen LogP contribution in [0, 0.1) is 0 Å². The summed E-state index contributed by atoms with van der Waals surface area (Å²) in [6.07, 6.45) is 0. The van der Waals surface area contributed by atoms with Crippen LogP contribution in [0.1, 0.15) is 19.5 Å². The lowest BCUT2D eigenvalue weighted by Crippen LogP contribution is -2.37. The number of halogens is 1. The van der Waals surface area contributed by atoms with Gasteiger partial charge in [-0.1, -0.05) is 23.7 Å². The number of thiazole rings is 1. The molecule has 2 heterocycles. The number of hydrogen-bond donors (Lipinski definition) is 0. The van der Waals surface area contributed by atoms with Crippen LogP contribution in [-0.4, -0.2) is 38.7 Å². The maximum Gasteiger partial charge on any atom is 0.334 e. The first-order valence-electron chi connectivity index (χ1n) is 7.28. The molecule has 0 atom stereocenters. The maximum atomic E-state index is 12.3. The Hall–Kier alpha value is -2.25. The van der Waals surface area contributed by atoms with Gasteiger partial charge in [0.2, 0.25) is 0 Å². The maximum absolute atomic E-state index is 12.3. The number of imide groups is 2. The highest BCUT2D eigenvalue weighted by Crippen LogP contribution is 2.26. The summed E-state index contributed by atoms with van der Waals surface area (Å²) in [6.45, 7) is 3.36. The van der Waals surface area contributed by atoms with Gasteiger partial charge in [0.15, 0.2) is 0 Å². The highest BCUT2D eigenvalue weighted by atomic mass is 35.5. The summed E-state index contributed by atoms with van der Waals surface area (Å²) in [5.41, 5.74) is 1.46. The Balaban J connectivity index is 1.80. The second-order valence-electron chi connectivity index (χ2n) is 5.59. The summed E-state index contributed by atoms with van der Waals surface area (Å²) in [4.78, 5) is 42.5. The SMILES string of the molecule is CC(C)N1C(=O)C(=O)N(Cc2csc(-c3ccc(Cl)cc3)n2)C1=O. The third kappa shape index (κ3) is 2.92. The minimum Gasteiger partial charge on any atom is -0.263 e. The van der Waals surface area contributed by atoms with Crippen molar-refractivity contribution in [1.29, 1.82) is 0 Å². The molecule has 0 N–H and O–H groups in total. The molecule has 1 aliphatic heterocycles. The highest BCUT2D eigenvalue weighted by molar-refractivity contribution is 7.13.